The minimum atomic E-state index is -0.0423. The third-order valence-corrected chi connectivity index (χ3v) is 4.41. The zero-order valence-corrected chi connectivity index (χ0v) is 15.2. The minimum absolute atomic E-state index is 0.0423. The average Bonchev–Trinajstić information content (AvgIpc) is 3.16. The molecular weight excluding hydrogens is 332 g/mol. The van der Waals surface area contributed by atoms with Crippen LogP contribution in [-0.2, 0) is 11.3 Å². The molecule has 0 radical (unpaired) electrons. The van der Waals surface area contributed by atoms with Crippen LogP contribution in [0.4, 0.5) is 0 Å². The summed E-state index contributed by atoms with van der Waals surface area (Å²) >= 11 is 0. The predicted molar refractivity (Wildman–Crippen MR) is 98.4 cm³/mol. The molecule has 0 N–H and O–H groups in total. The number of ether oxygens (including phenoxy) is 2. The molecule has 0 unspecified atom stereocenters. The lowest BCUT2D eigenvalue weighted by molar-refractivity contribution is 0.0359. The van der Waals surface area contributed by atoms with E-state index in [0.29, 0.717) is 18.7 Å². The topological polar surface area (TPSA) is 59.8 Å². The Bertz CT molecular complexity index is 683. The first-order chi connectivity index (χ1) is 12.7. The van der Waals surface area contributed by atoms with Crippen LogP contribution in [0.15, 0.2) is 42.7 Å². The molecule has 0 spiro atoms. The molecule has 1 amide bonds. The maximum absolute atomic E-state index is 12.5. The van der Waals surface area contributed by atoms with E-state index in [-0.39, 0.29) is 5.91 Å². The van der Waals surface area contributed by atoms with Crippen molar-refractivity contribution in [2.75, 3.05) is 53.0 Å². The lowest BCUT2D eigenvalue weighted by Crippen LogP contribution is -2.38. The summed E-state index contributed by atoms with van der Waals surface area (Å²) in [7, 11) is 1.78. The fraction of sp³-hybridized carbons (Fsp3) is 0.474. The second-order valence-electron chi connectivity index (χ2n) is 6.33. The largest absolute Gasteiger partial charge is 0.492 e. The summed E-state index contributed by atoms with van der Waals surface area (Å²) in [5.41, 5.74) is 0.606. The van der Waals surface area contributed by atoms with Gasteiger partial charge in [0.1, 0.15) is 12.4 Å². The first kappa shape index (κ1) is 18.4. The highest BCUT2D eigenvalue weighted by atomic mass is 16.5. The van der Waals surface area contributed by atoms with Crippen molar-refractivity contribution in [1.82, 2.24) is 19.6 Å². The fourth-order valence-electron chi connectivity index (χ4n) is 2.80. The maximum atomic E-state index is 12.5. The van der Waals surface area contributed by atoms with Crippen LogP contribution in [-0.4, -0.2) is 78.5 Å². The average molecular weight is 358 g/mol. The number of rotatable bonds is 8. The van der Waals surface area contributed by atoms with Crippen LogP contribution in [0.3, 0.4) is 0 Å². The van der Waals surface area contributed by atoms with E-state index in [0.717, 1.165) is 45.1 Å². The molecule has 3 rings (SSSR count). The SMILES string of the molecule is CN(CCOc1ccccc1)C(=O)c1cnn(CCN2CCOCC2)c1. The van der Waals surface area contributed by atoms with Gasteiger partial charge in [-0.3, -0.25) is 14.4 Å². The van der Waals surface area contributed by atoms with Crippen LogP contribution in [0.1, 0.15) is 10.4 Å². The molecule has 1 fully saturated rings. The van der Waals surface area contributed by atoms with E-state index in [4.69, 9.17) is 9.47 Å². The van der Waals surface area contributed by atoms with Crippen LogP contribution in [0.5, 0.6) is 5.75 Å². The van der Waals surface area contributed by atoms with E-state index in [1.165, 1.54) is 0 Å². The van der Waals surface area contributed by atoms with E-state index in [1.54, 1.807) is 18.1 Å². The molecule has 0 atom stereocenters. The Morgan fingerprint density at radius 2 is 2.00 bits per heavy atom. The van der Waals surface area contributed by atoms with E-state index in [2.05, 4.69) is 10.00 Å². The minimum Gasteiger partial charge on any atom is -0.492 e. The highest BCUT2D eigenvalue weighted by molar-refractivity contribution is 5.93. The summed E-state index contributed by atoms with van der Waals surface area (Å²) in [6, 6.07) is 9.60. The van der Waals surface area contributed by atoms with Crippen molar-refractivity contribution < 1.29 is 14.3 Å². The number of morpholine rings is 1. The number of carbonyl (C=O) groups excluding carboxylic acids is 1. The number of aromatic nitrogens is 2. The Labute approximate surface area is 154 Å². The first-order valence-corrected chi connectivity index (χ1v) is 8.98. The van der Waals surface area contributed by atoms with Gasteiger partial charge in [0.15, 0.2) is 0 Å². The standard InChI is InChI=1S/C19H26N4O3/c1-21(9-14-26-18-5-3-2-4-6-18)19(24)17-15-20-23(16-17)8-7-22-10-12-25-13-11-22/h2-6,15-16H,7-14H2,1H3. The summed E-state index contributed by atoms with van der Waals surface area (Å²) < 4.78 is 12.8. The molecule has 1 aliphatic heterocycles. The molecule has 1 saturated heterocycles. The number of amides is 1. The van der Waals surface area contributed by atoms with Crippen molar-refractivity contribution in [3.8, 4) is 5.75 Å². The van der Waals surface area contributed by atoms with Crippen molar-refractivity contribution in [3.05, 3.63) is 48.3 Å². The van der Waals surface area contributed by atoms with E-state index >= 15 is 0 Å². The predicted octanol–water partition coefficient (Wildman–Crippen LogP) is 1.37. The van der Waals surface area contributed by atoms with Crippen LogP contribution in [0, 0.1) is 0 Å². The molecule has 1 aliphatic rings. The molecule has 0 saturated carbocycles. The van der Waals surface area contributed by atoms with Crippen molar-refractivity contribution >= 4 is 5.91 Å². The van der Waals surface area contributed by atoms with Crippen LogP contribution < -0.4 is 4.74 Å². The van der Waals surface area contributed by atoms with Crippen molar-refractivity contribution in [3.63, 3.8) is 0 Å². The zero-order chi connectivity index (χ0) is 18.2. The van der Waals surface area contributed by atoms with Gasteiger partial charge in [-0.1, -0.05) is 18.2 Å². The maximum Gasteiger partial charge on any atom is 0.256 e. The smallest absolute Gasteiger partial charge is 0.256 e. The van der Waals surface area contributed by atoms with Crippen LogP contribution in [0.2, 0.25) is 0 Å². The number of likely N-dealkylation sites (N-methyl/N-ethyl adjacent to an activating group) is 1. The fourth-order valence-corrected chi connectivity index (χ4v) is 2.80. The first-order valence-electron chi connectivity index (χ1n) is 8.98. The van der Waals surface area contributed by atoms with Gasteiger partial charge in [-0.15, -0.1) is 0 Å². The molecule has 1 aromatic carbocycles. The Hall–Kier alpha value is -2.38. The summed E-state index contributed by atoms with van der Waals surface area (Å²) in [6.07, 6.45) is 3.45. The third-order valence-electron chi connectivity index (χ3n) is 4.41. The molecule has 2 heterocycles. The number of hydrogen-bond donors (Lipinski definition) is 0. The summed E-state index contributed by atoms with van der Waals surface area (Å²) in [6.45, 7) is 6.16. The zero-order valence-electron chi connectivity index (χ0n) is 15.2. The van der Waals surface area contributed by atoms with E-state index < -0.39 is 0 Å². The number of benzene rings is 1. The summed E-state index contributed by atoms with van der Waals surface area (Å²) in [4.78, 5) is 16.5. The third kappa shape index (κ3) is 5.31. The Balaban J connectivity index is 1.42. The lowest BCUT2D eigenvalue weighted by atomic mass is 10.3. The molecule has 1 aromatic heterocycles. The van der Waals surface area contributed by atoms with Gasteiger partial charge in [0.05, 0.1) is 38.1 Å². The molecule has 26 heavy (non-hydrogen) atoms. The number of carbonyl (C=O) groups is 1. The summed E-state index contributed by atoms with van der Waals surface area (Å²) in [5, 5.41) is 4.31. The van der Waals surface area contributed by atoms with E-state index in [1.807, 2.05) is 41.2 Å². The van der Waals surface area contributed by atoms with Gasteiger partial charge in [0.2, 0.25) is 0 Å². The van der Waals surface area contributed by atoms with Crippen LogP contribution in [0.25, 0.3) is 0 Å². The van der Waals surface area contributed by atoms with Gasteiger partial charge in [0.25, 0.3) is 5.91 Å². The molecule has 2 aromatic rings. The van der Waals surface area contributed by atoms with Crippen molar-refractivity contribution in [2.45, 2.75) is 6.54 Å². The monoisotopic (exact) mass is 358 g/mol. The highest BCUT2D eigenvalue weighted by Crippen LogP contribution is 2.08. The molecule has 0 aliphatic carbocycles. The van der Waals surface area contributed by atoms with Gasteiger partial charge in [-0.2, -0.15) is 5.10 Å². The molecule has 7 heteroatoms. The molecular formula is C19H26N4O3. The quantitative estimate of drug-likeness (QED) is 0.713. The molecule has 7 nitrogen and oxygen atoms in total. The Morgan fingerprint density at radius 1 is 1.23 bits per heavy atom. The highest BCUT2D eigenvalue weighted by Gasteiger charge is 2.15. The second-order valence-corrected chi connectivity index (χ2v) is 6.33. The number of hydrogen-bond acceptors (Lipinski definition) is 5. The van der Waals surface area contributed by atoms with Gasteiger partial charge in [-0.05, 0) is 12.1 Å². The Kier molecular flexibility index (Phi) is 6.62. The summed E-state index contributed by atoms with van der Waals surface area (Å²) in [5.74, 6) is 0.767. The van der Waals surface area contributed by atoms with Gasteiger partial charge in [-0.25, -0.2) is 0 Å². The van der Waals surface area contributed by atoms with Gasteiger partial charge in [0, 0.05) is 32.9 Å². The lowest BCUT2D eigenvalue weighted by Gasteiger charge is -2.26. The molecule has 140 valence electrons. The number of para-hydroxylation sites is 1. The molecule has 0 bridgehead atoms. The normalized spacial score (nSPS) is 15.0. The van der Waals surface area contributed by atoms with Crippen molar-refractivity contribution in [1.29, 1.82) is 0 Å². The van der Waals surface area contributed by atoms with Gasteiger partial charge < -0.3 is 14.4 Å². The van der Waals surface area contributed by atoms with Crippen LogP contribution >= 0.6 is 0 Å². The van der Waals surface area contributed by atoms with E-state index in [9.17, 15) is 4.79 Å². The second kappa shape index (κ2) is 9.35. The number of nitrogens with zero attached hydrogens (tertiary/aromatic N) is 4. The van der Waals surface area contributed by atoms with Crippen molar-refractivity contribution in [2.24, 2.45) is 0 Å². The Morgan fingerprint density at radius 3 is 2.77 bits per heavy atom. The van der Waals surface area contributed by atoms with Gasteiger partial charge >= 0.3 is 0 Å².